The van der Waals surface area contributed by atoms with Crippen LogP contribution >= 0.6 is 0 Å². The number of nitrogens with zero attached hydrogens (tertiary/aromatic N) is 3. The number of aromatic nitrogens is 2. The Morgan fingerprint density at radius 1 is 0.967 bits per heavy atom. The van der Waals surface area contributed by atoms with Crippen LogP contribution in [0.5, 0.6) is 0 Å². The summed E-state index contributed by atoms with van der Waals surface area (Å²) in [6, 6.07) is 15.3. The predicted molar refractivity (Wildman–Crippen MR) is 116 cm³/mol. The second kappa shape index (κ2) is 8.61. The summed E-state index contributed by atoms with van der Waals surface area (Å²) in [5.74, 6) is 0.0377. The number of likely N-dealkylation sites (tertiary alicyclic amines) is 1. The molecule has 0 spiro atoms. The molecule has 0 unspecified atom stereocenters. The Morgan fingerprint density at radius 3 is 2.33 bits per heavy atom. The van der Waals surface area contributed by atoms with Gasteiger partial charge < -0.3 is 10.2 Å². The number of piperidine rings is 1. The highest BCUT2D eigenvalue weighted by Gasteiger charge is 2.25. The Labute approximate surface area is 176 Å². The molecule has 1 aliphatic heterocycles. The number of aryl methyl sites for hydroxylation is 2. The molecule has 0 radical (unpaired) electrons. The molecular formula is C24H26N4O2. The zero-order valence-electron chi connectivity index (χ0n) is 17.4. The molecule has 1 aromatic heterocycles. The van der Waals surface area contributed by atoms with E-state index in [1.165, 1.54) is 0 Å². The van der Waals surface area contributed by atoms with Crippen molar-refractivity contribution >= 4 is 22.8 Å². The molecule has 6 nitrogen and oxygen atoms in total. The van der Waals surface area contributed by atoms with Crippen LogP contribution in [0.3, 0.4) is 0 Å². The van der Waals surface area contributed by atoms with Crippen LogP contribution in [0, 0.1) is 13.8 Å². The molecule has 30 heavy (non-hydrogen) atoms. The second-order valence-electron chi connectivity index (χ2n) is 7.89. The van der Waals surface area contributed by atoms with Gasteiger partial charge in [0.15, 0.2) is 0 Å². The van der Waals surface area contributed by atoms with Crippen LogP contribution in [-0.2, 0) is 11.2 Å². The van der Waals surface area contributed by atoms with Gasteiger partial charge in [0.2, 0.25) is 5.91 Å². The molecule has 0 saturated carbocycles. The number of fused-ring (bicyclic) bond motifs is 1. The smallest absolute Gasteiger partial charge is 0.253 e. The third-order valence-corrected chi connectivity index (χ3v) is 5.68. The predicted octanol–water partition coefficient (Wildman–Crippen LogP) is 3.21. The highest BCUT2D eigenvalue weighted by Crippen LogP contribution is 2.18. The fourth-order valence-electron chi connectivity index (χ4n) is 3.83. The molecule has 0 bridgehead atoms. The van der Waals surface area contributed by atoms with E-state index in [4.69, 9.17) is 0 Å². The maximum absolute atomic E-state index is 13.0. The molecule has 1 fully saturated rings. The van der Waals surface area contributed by atoms with Crippen LogP contribution in [0.25, 0.3) is 11.0 Å². The zero-order chi connectivity index (χ0) is 21.1. The average molecular weight is 402 g/mol. The Hall–Kier alpha value is -3.28. The summed E-state index contributed by atoms with van der Waals surface area (Å²) in [6.45, 7) is 5.12. The summed E-state index contributed by atoms with van der Waals surface area (Å²) >= 11 is 0. The number of carbonyl (C=O) groups is 2. The number of hydrogen-bond donors (Lipinski definition) is 1. The van der Waals surface area contributed by atoms with E-state index < -0.39 is 0 Å². The highest BCUT2D eigenvalue weighted by molar-refractivity contribution is 5.97. The van der Waals surface area contributed by atoms with Crippen molar-refractivity contribution in [2.24, 2.45) is 0 Å². The summed E-state index contributed by atoms with van der Waals surface area (Å²) < 4.78 is 0. The third kappa shape index (κ3) is 4.48. The topological polar surface area (TPSA) is 75.2 Å². The molecule has 0 aliphatic carbocycles. The normalized spacial score (nSPS) is 14.7. The van der Waals surface area contributed by atoms with Gasteiger partial charge in [-0.1, -0.05) is 30.3 Å². The first-order valence-electron chi connectivity index (χ1n) is 10.4. The fraction of sp³-hybridized carbons (Fsp3) is 0.333. The summed E-state index contributed by atoms with van der Waals surface area (Å²) in [4.78, 5) is 36.2. The molecule has 3 aromatic rings. The number of amides is 2. The van der Waals surface area contributed by atoms with Crippen LogP contribution < -0.4 is 5.32 Å². The van der Waals surface area contributed by atoms with E-state index in [9.17, 15) is 9.59 Å². The molecule has 1 N–H and O–H groups in total. The van der Waals surface area contributed by atoms with Gasteiger partial charge >= 0.3 is 0 Å². The lowest BCUT2D eigenvalue weighted by Gasteiger charge is -2.32. The Balaban J connectivity index is 1.34. The number of hydrogen-bond acceptors (Lipinski definition) is 4. The molecule has 154 valence electrons. The number of rotatable bonds is 4. The minimum atomic E-state index is 0.00555. The Kier molecular flexibility index (Phi) is 5.74. The fourth-order valence-corrected chi connectivity index (χ4v) is 3.83. The monoisotopic (exact) mass is 402 g/mol. The van der Waals surface area contributed by atoms with Crippen molar-refractivity contribution in [2.75, 3.05) is 13.1 Å². The zero-order valence-corrected chi connectivity index (χ0v) is 17.4. The lowest BCUT2D eigenvalue weighted by atomic mass is 10.0. The molecule has 2 amide bonds. The van der Waals surface area contributed by atoms with E-state index in [1.54, 1.807) is 0 Å². The van der Waals surface area contributed by atoms with E-state index >= 15 is 0 Å². The van der Waals surface area contributed by atoms with Gasteiger partial charge in [0.05, 0.1) is 28.8 Å². The second-order valence-corrected chi connectivity index (χ2v) is 7.89. The number of carbonyl (C=O) groups excluding carboxylic acids is 2. The van der Waals surface area contributed by atoms with E-state index in [1.807, 2.05) is 67.3 Å². The van der Waals surface area contributed by atoms with E-state index in [2.05, 4.69) is 15.3 Å². The first kappa shape index (κ1) is 20.0. The largest absolute Gasteiger partial charge is 0.353 e. The van der Waals surface area contributed by atoms with Gasteiger partial charge in [0, 0.05) is 24.7 Å². The van der Waals surface area contributed by atoms with E-state index in [-0.39, 0.29) is 17.9 Å². The van der Waals surface area contributed by atoms with Gasteiger partial charge in [0.25, 0.3) is 5.91 Å². The number of nitrogens with one attached hydrogen (secondary N) is 1. The number of benzene rings is 2. The maximum atomic E-state index is 13.0. The van der Waals surface area contributed by atoms with Gasteiger partial charge in [-0.05, 0) is 50.5 Å². The van der Waals surface area contributed by atoms with Crippen molar-refractivity contribution in [3.63, 3.8) is 0 Å². The van der Waals surface area contributed by atoms with Crippen LogP contribution in [0.4, 0.5) is 0 Å². The SMILES string of the molecule is Cc1nc2ccc(C(=O)N3CCC(NC(=O)Cc4ccccc4)CC3)cc2nc1C. The molecule has 2 heterocycles. The van der Waals surface area contributed by atoms with Crippen LogP contribution in [-0.4, -0.2) is 45.8 Å². The lowest BCUT2D eigenvalue weighted by molar-refractivity contribution is -0.121. The molecular weight excluding hydrogens is 376 g/mol. The Bertz CT molecular complexity index is 1070. The van der Waals surface area contributed by atoms with Gasteiger partial charge in [0.1, 0.15) is 0 Å². The standard InChI is InChI=1S/C24H26N4O2/c1-16-17(2)26-22-15-19(8-9-21(22)25-16)24(30)28-12-10-20(11-13-28)27-23(29)14-18-6-4-3-5-7-18/h3-9,15,20H,10-14H2,1-2H3,(H,27,29). The van der Waals surface area contributed by atoms with Crippen molar-refractivity contribution in [2.45, 2.75) is 39.2 Å². The summed E-state index contributed by atoms with van der Waals surface area (Å²) in [6.07, 6.45) is 1.91. The van der Waals surface area contributed by atoms with E-state index in [0.29, 0.717) is 25.1 Å². The quantitative estimate of drug-likeness (QED) is 0.727. The molecule has 2 aromatic carbocycles. The molecule has 0 atom stereocenters. The lowest BCUT2D eigenvalue weighted by Crippen LogP contribution is -2.46. The highest BCUT2D eigenvalue weighted by atomic mass is 16.2. The van der Waals surface area contributed by atoms with Crippen molar-refractivity contribution in [1.82, 2.24) is 20.2 Å². The van der Waals surface area contributed by atoms with Crippen molar-refractivity contribution in [3.8, 4) is 0 Å². The third-order valence-electron chi connectivity index (χ3n) is 5.68. The minimum absolute atomic E-state index is 0.00555. The molecule has 1 aliphatic rings. The molecule has 6 heteroatoms. The van der Waals surface area contributed by atoms with Crippen molar-refractivity contribution in [1.29, 1.82) is 0 Å². The molecule has 4 rings (SSSR count). The minimum Gasteiger partial charge on any atom is -0.353 e. The van der Waals surface area contributed by atoms with Gasteiger partial charge in [-0.15, -0.1) is 0 Å². The first-order valence-corrected chi connectivity index (χ1v) is 10.4. The first-order chi connectivity index (χ1) is 14.5. The van der Waals surface area contributed by atoms with Crippen molar-refractivity contribution < 1.29 is 9.59 Å². The summed E-state index contributed by atoms with van der Waals surface area (Å²) in [5.41, 5.74) is 4.96. The van der Waals surface area contributed by atoms with Crippen LogP contribution in [0.15, 0.2) is 48.5 Å². The Morgan fingerprint density at radius 2 is 1.63 bits per heavy atom. The van der Waals surface area contributed by atoms with Crippen LogP contribution in [0.1, 0.15) is 40.2 Å². The van der Waals surface area contributed by atoms with Gasteiger partial charge in [-0.2, -0.15) is 0 Å². The molecule has 1 saturated heterocycles. The average Bonchev–Trinajstić information content (AvgIpc) is 2.75. The van der Waals surface area contributed by atoms with E-state index in [0.717, 1.165) is 40.8 Å². The van der Waals surface area contributed by atoms with Gasteiger partial charge in [-0.3, -0.25) is 9.59 Å². The summed E-state index contributed by atoms with van der Waals surface area (Å²) in [7, 11) is 0. The maximum Gasteiger partial charge on any atom is 0.253 e. The van der Waals surface area contributed by atoms with Gasteiger partial charge in [-0.25, -0.2) is 9.97 Å². The summed E-state index contributed by atoms with van der Waals surface area (Å²) in [5, 5.41) is 3.11. The van der Waals surface area contributed by atoms with Crippen LogP contribution in [0.2, 0.25) is 0 Å². The van der Waals surface area contributed by atoms with Crippen molar-refractivity contribution in [3.05, 3.63) is 71.0 Å².